The second-order valence-electron chi connectivity index (χ2n) is 4.14. The van der Waals surface area contributed by atoms with E-state index in [0.717, 1.165) is 10.6 Å². The summed E-state index contributed by atoms with van der Waals surface area (Å²) >= 11 is 8.48. The van der Waals surface area contributed by atoms with Crippen LogP contribution in [-0.2, 0) is 0 Å². The van der Waals surface area contributed by atoms with Gasteiger partial charge in [-0.3, -0.25) is 10.1 Å². The van der Waals surface area contributed by atoms with Gasteiger partial charge in [-0.05, 0) is 19.1 Å². The van der Waals surface area contributed by atoms with Crippen molar-refractivity contribution in [2.75, 3.05) is 5.32 Å². The number of anilines is 1. The third-order valence-corrected chi connectivity index (χ3v) is 4.74. The van der Waals surface area contributed by atoms with Gasteiger partial charge in [0.1, 0.15) is 15.4 Å². The molecule has 8 heteroatoms. The summed E-state index contributed by atoms with van der Waals surface area (Å²) in [4.78, 5) is 17.2. The van der Waals surface area contributed by atoms with Gasteiger partial charge in [0.15, 0.2) is 0 Å². The number of halogens is 1. The number of hydrogen-bond acceptors (Lipinski definition) is 6. The molecule has 0 fully saturated rings. The number of nitrogens with zero attached hydrogens (tertiary/aromatic N) is 3. The Bertz CT molecular complexity index is 768. The van der Waals surface area contributed by atoms with Gasteiger partial charge < -0.3 is 0 Å². The third kappa shape index (κ3) is 3.10. The molecule has 1 aromatic carbocycles. The van der Waals surface area contributed by atoms with Crippen LogP contribution in [0.4, 0.5) is 5.13 Å². The fourth-order valence-electron chi connectivity index (χ4n) is 1.70. The van der Waals surface area contributed by atoms with E-state index >= 15 is 0 Å². The summed E-state index contributed by atoms with van der Waals surface area (Å²) in [5.41, 5.74) is 3.18. The number of thiazole rings is 1. The summed E-state index contributed by atoms with van der Waals surface area (Å²) < 4.78 is 0. The molecule has 2 aromatic heterocycles. The average molecular weight is 337 g/mol. The van der Waals surface area contributed by atoms with Crippen molar-refractivity contribution in [2.45, 2.75) is 6.92 Å². The van der Waals surface area contributed by atoms with Crippen LogP contribution in [0.3, 0.4) is 0 Å². The Labute approximate surface area is 133 Å². The van der Waals surface area contributed by atoms with Gasteiger partial charge in [-0.2, -0.15) is 0 Å². The number of carbonyl (C=O) groups is 1. The molecule has 0 aliphatic carbocycles. The second kappa shape index (κ2) is 5.88. The van der Waals surface area contributed by atoms with Crippen LogP contribution in [0.15, 0.2) is 29.8 Å². The number of aromatic nitrogens is 3. The van der Waals surface area contributed by atoms with Gasteiger partial charge in [-0.15, -0.1) is 21.5 Å². The molecular weight excluding hydrogens is 328 g/mol. The monoisotopic (exact) mass is 336 g/mol. The summed E-state index contributed by atoms with van der Waals surface area (Å²) in [6.45, 7) is 1.81. The van der Waals surface area contributed by atoms with E-state index in [1.807, 2.05) is 19.1 Å². The van der Waals surface area contributed by atoms with E-state index in [0.29, 0.717) is 20.7 Å². The highest BCUT2D eigenvalue weighted by Gasteiger charge is 2.17. The van der Waals surface area contributed by atoms with Gasteiger partial charge >= 0.3 is 0 Å². The van der Waals surface area contributed by atoms with Gasteiger partial charge in [0.05, 0.1) is 5.69 Å². The number of aryl methyl sites for hydroxylation is 1. The first-order valence-electron chi connectivity index (χ1n) is 5.94. The number of rotatable bonds is 3. The Morgan fingerprint density at radius 1 is 1.29 bits per heavy atom. The van der Waals surface area contributed by atoms with Crippen molar-refractivity contribution in [1.82, 2.24) is 15.2 Å². The number of carbonyl (C=O) groups excluding carboxylic acids is 1. The first kappa shape index (κ1) is 14.1. The van der Waals surface area contributed by atoms with Crippen LogP contribution in [0, 0.1) is 6.92 Å². The Morgan fingerprint density at radius 2 is 2.05 bits per heavy atom. The molecule has 0 aliphatic heterocycles. The number of benzene rings is 1. The molecule has 0 saturated carbocycles. The lowest BCUT2D eigenvalue weighted by Gasteiger charge is -1.97. The Morgan fingerprint density at radius 3 is 2.71 bits per heavy atom. The summed E-state index contributed by atoms with van der Waals surface area (Å²) in [5, 5.41) is 12.1. The van der Waals surface area contributed by atoms with Crippen molar-refractivity contribution in [3.8, 4) is 10.6 Å². The predicted octanol–water partition coefficient (Wildman–Crippen LogP) is 3.88. The maximum atomic E-state index is 12.2. The van der Waals surface area contributed by atoms with Gasteiger partial charge in [0.2, 0.25) is 5.13 Å². The van der Waals surface area contributed by atoms with E-state index in [-0.39, 0.29) is 5.91 Å². The number of nitrogens with one attached hydrogen (secondary N) is 1. The van der Waals surface area contributed by atoms with Crippen molar-refractivity contribution in [3.63, 3.8) is 0 Å². The summed E-state index contributed by atoms with van der Waals surface area (Å²) in [6, 6.07) is 7.36. The Kier molecular flexibility index (Phi) is 3.96. The first-order valence-corrected chi connectivity index (χ1v) is 8.02. The molecule has 21 heavy (non-hydrogen) atoms. The van der Waals surface area contributed by atoms with Crippen molar-refractivity contribution in [2.24, 2.45) is 0 Å². The second-order valence-corrected chi connectivity index (χ2v) is 6.41. The molecule has 0 aliphatic rings. The molecule has 106 valence electrons. The van der Waals surface area contributed by atoms with Gasteiger partial charge in [-0.25, -0.2) is 4.98 Å². The summed E-state index contributed by atoms with van der Waals surface area (Å²) in [6.07, 6.45) is 0. The summed E-state index contributed by atoms with van der Waals surface area (Å²) in [7, 11) is 0. The van der Waals surface area contributed by atoms with Crippen LogP contribution in [-0.4, -0.2) is 21.1 Å². The molecule has 5 nitrogen and oxygen atoms in total. The van der Waals surface area contributed by atoms with Crippen LogP contribution in [0.5, 0.6) is 0 Å². The lowest BCUT2D eigenvalue weighted by molar-refractivity contribution is 0.102. The molecular formula is C13H9ClN4OS2. The van der Waals surface area contributed by atoms with Crippen molar-refractivity contribution in [1.29, 1.82) is 0 Å². The first-order chi connectivity index (χ1) is 10.1. The molecule has 0 bridgehead atoms. The molecule has 0 atom stereocenters. The smallest absolute Gasteiger partial charge is 0.269 e. The highest BCUT2D eigenvalue weighted by Crippen LogP contribution is 2.29. The number of hydrogen-bond donors (Lipinski definition) is 1. The Balaban J connectivity index is 1.87. The molecule has 1 amide bonds. The minimum absolute atomic E-state index is 0.220. The third-order valence-electron chi connectivity index (χ3n) is 2.67. The van der Waals surface area contributed by atoms with Gasteiger partial charge in [0.25, 0.3) is 5.91 Å². The van der Waals surface area contributed by atoms with E-state index in [2.05, 4.69) is 20.5 Å². The highest BCUT2D eigenvalue weighted by molar-refractivity contribution is 7.17. The SMILES string of the molecule is Cc1nc(-c2ccc(Cl)cc2)sc1C(=O)Nc1nncs1. The van der Waals surface area contributed by atoms with Crippen molar-refractivity contribution in [3.05, 3.63) is 45.4 Å². The summed E-state index contributed by atoms with van der Waals surface area (Å²) in [5.74, 6) is -0.220. The fraction of sp³-hybridized carbons (Fsp3) is 0.0769. The maximum absolute atomic E-state index is 12.2. The quantitative estimate of drug-likeness (QED) is 0.788. The van der Waals surface area contributed by atoms with Gasteiger partial charge in [-0.1, -0.05) is 35.1 Å². The van der Waals surface area contributed by atoms with Crippen LogP contribution < -0.4 is 5.32 Å². The van der Waals surface area contributed by atoms with E-state index in [9.17, 15) is 4.79 Å². The normalized spacial score (nSPS) is 10.6. The van der Waals surface area contributed by atoms with Crippen molar-refractivity contribution < 1.29 is 4.79 Å². The average Bonchev–Trinajstić information content (AvgIpc) is 3.09. The zero-order chi connectivity index (χ0) is 14.8. The number of amides is 1. The minimum atomic E-state index is -0.220. The minimum Gasteiger partial charge on any atom is -0.296 e. The molecule has 0 spiro atoms. The molecule has 1 N–H and O–H groups in total. The maximum Gasteiger partial charge on any atom is 0.269 e. The largest absolute Gasteiger partial charge is 0.296 e. The lowest BCUT2D eigenvalue weighted by atomic mass is 10.2. The van der Waals surface area contributed by atoms with Crippen molar-refractivity contribution >= 4 is 45.3 Å². The highest BCUT2D eigenvalue weighted by atomic mass is 35.5. The van der Waals surface area contributed by atoms with Crippen LogP contribution in [0.2, 0.25) is 5.02 Å². The zero-order valence-corrected chi connectivity index (χ0v) is 13.2. The molecule has 2 heterocycles. The van der Waals surface area contributed by atoms with Crippen LogP contribution in [0.1, 0.15) is 15.4 Å². The van der Waals surface area contributed by atoms with E-state index in [1.165, 1.54) is 22.7 Å². The molecule has 3 rings (SSSR count). The zero-order valence-electron chi connectivity index (χ0n) is 10.8. The molecule has 0 saturated heterocycles. The van der Waals surface area contributed by atoms with Crippen LogP contribution in [0.25, 0.3) is 10.6 Å². The topological polar surface area (TPSA) is 67.8 Å². The Hall–Kier alpha value is -1.83. The van der Waals surface area contributed by atoms with Crippen LogP contribution >= 0.6 is 34.3 Å². The van der Waals surface area contributed by atoms with E-state index in [4.69, 9.17) is 11.6 Å². The molecule has 3 aromatic rings. The van der Waals surface area contributed by atoms with Gasteiger partial charge in [0, 0.05) is 10.6 Å². The van der Waals surface area contributed by atoms with E-state index in [1.54, 1.807) is 17.6 Å². The molecule has 0 radical (unpaired) electrons. The standard InChI is InChI=1S/C13H9ClN4OS2/c1-7-10(11(19)17-13-18-15-6-20-13)21-12(16-7)8-2-4-9(14)5-3-8/h2-6H,1H3,(H,17,18,19). The van der Waals surface area contributed by atoms with E-state index < -0.39 is 0 Å². The predicted molar refractivity (Wildman–Crippen MR) is 85.2 cm³/mol. The lowest BCUT2D eigenvalue weighted by Crippen LogP contribution is -2.11. The fourth-order valence-corrected chi connectivity index (χ4v) is 3.24. The molecule has 0 unspecified atom stereocenters.